The van der Waals surface area contributed by atoms with E-state index in [9.17, 15) is 8.60 Å². The first kappa shape index (κ1) is 12.8. The summed E-state index contributed by atoms with van der Waals surface area (Å²) in [4.78, 5) is 0.507. The molecule has 0 heterocycles. The molecule has 16 heavy (non-hydrogen) atoms. The van der Waals surface area contributed by atoms with E-state index in [1.54, 1.807) is 24.3 Å². The number of ether oxygens (including phenoxy) is 1. The summed E-state index contributed by atoms with van der Waals surface area (Å²) >= 11 is 0. The zero-order valence-corrected chi connectivity index (χ0v) is 9.37. The average Bonchev–Trinajstić information content (AvgIpc) is 2.31. The van der Waals surface area contributed by atoms with Crippen molar-refractivity contribution in [3.05, 3.63) is 36.2 Å². The summed E-state index contributed by atoms with van der Waals surface area (Å²) in [5, 5.41) is 5.19. The van der Waals surface area contributed by atoms with Gasteiger partial charge in [-0.15, -0.1) is 0 Å². The van der Waals surface area contributed by atoms with Gasteiger partial charge in [-0.2, -0.15) is 0 Å². The van der Waals surface area contributed by atoms with E-state index in [4.69, 9.17) is 15.6 Å². The number of nitrogens with two attached hydrogens (primary N) is 2. The lowest BCUT2D eigenvalue weighted by Gasteiger charge is -2.07. The van der Waals surface area contributed by atoms with Gasteiger partial charge in [0.25, 0.3) is 0 Å². The lowest BCUT2D eigenvalue weighted by molar-refractivity contribution is 0.347. The van der Waals surface area contributed by atoms with Crippen LogP contribution in [0.4, 0.5) is 4.39 Å². The summed E-state index contributed by atoms with van der Waals surface area (Å²) in [6.45, 7) is 0.208. The molecule has 0 saturated carbocycles. The van der Waals surface area contributed by atoms with E-state index in [0.29, 0.717) is 22.5 Å². The van der Waals surface area contributed by atoms with Crippen molar-refractivity contribution in [2.45, 2.75) is 4.90 Å². The van der Waals surface area contributed by atoms with E-state index in [0.717, 1.165) is 0 Å². The molecule has 4 nitrogen and oxygen atoms in total. The summed E-state index contributed by atoms with van der Waals surface area (Å²) in [5.74, 6) is 0.544. The van der Waals surface area contributed by atoms with E-state index in [-0.39, 0.29) is 13.2 Å². The number of halogens is 1. The van der Waals surface area contributed by atoms with Gasteiger partial charge in [-0.05, 0) is 24.3 Å². The van der Waals surface area contributed by atoms with Gasteiger partial charge in [0.1, 0.15) is 23.3 Å². The quantitative estimate of drug-likeness (QED) is 0.806. The highest BCUT2D eigenvalue weighted by molar-refractivity contribution is 7.82. The number of hydrogen-bond acceptors (Lipinski definition) is 3. The van der Waals surface area contributed by atoms with Crippen molar-refractivity contribution in [3.63, 3.8) is 0 Å². The van der Waals surface area contributed by atoms with Crippen LogP contribution in [0.1, 0.15) is 0 Å². The minimum atomic E-state index is -1.50. The minimum absolute atomic E-state index is 0.0953. The Morgan fingerprint density at radius 2 is 2.06 bits per heavy atom. The third-order valence-electron chi connectivity index (χ3n) is 1.90. The largest absolute Gasteiger partial charge is 0.489 e. The Kier molecular flexibility index (Phi) is 5.10. The van der Waals surface area contributed by atoms with Crippen LogP contribution in [0, 0.1) is 0 Å². The van der Waals surface area contributed by atoms with Crippen molar-refractivity contribution < 1.29 is 13.3 Å². The maximum absolute atomic E-state index is 12.2. The van der Waals surface area contributed by atoms with Gasteiger partial charge in [0.05, 0.1) is 11.2 Å². The summed E-state index contributed by atoms with van der Waals surface area (Å²) < 4.78 is 28.3. The summed E-state index contributed by atoms with van der Waals surface area (Å²) in [5.41, 5.74) is 5.63. The van der Waals surface area contributed by atoms with E-state index >= 15 is 0 Å². The molecule has 0 spiro atoms. The van der Waals surface area contributed by atoms with Crippen LogP contribution in [-0.2, 0) is 11.0 Å². The molecule has 1 aromatic rings. The Balaban J connectivity index is 2.59. The van der Waals surface area contributed by atoms with E-state index in [1.165, 1.54) is 0 Å². The lowest BCUT2D eigenvalue weighted by atomic mass is 10.3. The third-order valence-corrected chi connectivity index (χ3v) is 2.63. The third kappa shape index (κ3) is 3.73. The minimum Gasteiger partial charge on any atom is -0.489 e. The zero-order valence-electron chi connectivity index (χ0n) is 8.56. The first-order valence-corrected chi connectivity index (χ1v) is 5.76. The van der Waals surface area contributed by atoms with Crippen molar-refractivity contribution in [2.24, 2.45) is 10.9 Å². The van der Waals surface area contributed by atoms with Gasteiger partial charge in [-0.1, -0.05) is 0 Å². The van der Waals surface area contributed by atoms with Crippen LogP contribution in [0.25, 0.3) is 0 Å². The van der Waals surface area contributed by atoms with Gasteiger partial charge in [0.2, 0.25) is 0 Å². The lowest BCUT2D eigenvalue weighted by Crippen LogP contribution is -2.10. The van der Waals surface area contributed by atoms with Crippen LogP contribution in [0.15, 0.2) is 41.1 Å². The second-order valence-corrected chi connectivity index (χ2v) is 4.10. The molecule has 1 aromatic carbocycles. The number of rotatable bonds is 5. The topological polar surface area (TPSA) is 78.3 Å². The molecule has 0 fully saturated rings. The first-order valence-electron chi connectivity index (χ1n) is 4.54. The van der Waals surface area contributed by atoms with Gasteiger partial charge >= 0.3 is 0 Å². The highest BCUT2D eigenvalue weighted by atomic mass is 32.2. The molecule has 0 amide bonds. The molecule has 4 N–H and O–H groups in total. The zero-order chi connectivity index (χ0) is 12.0. The molecule has 1 atom stereocenters. The maximum atomic E-state index is 12.2. The van der Waals surface area contributed by atoms with E-state index < -0.39 is 11.0 Å². The van der Waals surface area contributed by atoms with Crippen molar-refractivity contribution >= 4 is 11.0 Å². The van der Waals surface area contributed by atoms with Gasteiger partial charge in [-0.25, -0.2) is 13.7 Å². The SMILES string of the molecule is NC/C(=C\F)COc1ccc(S(N)=O)cc1. The summed E-state index contributed by atoms with van der Waals surface area (Å²) in [6, 6.07) is 6.42. The van der Waals surface area contributed by atoms with Crippen LogP contribution < -0.4 is 15.6 Å². The fourth-order valence-corrected chi connectivity index (χ4v) is 1.39. The summed E-state index contributed by atoms with van der Waals surface area (Å²) in [7, 11) is -1.50. The molecule has 1 unspecified atom stereocenters. The molecule has 0 aliphatic heterocycles. The van der Waals surface area contributed by atoms with Gasteiger partial charge < -0.3 is 10.5 Å². The molecule has 88 valence electrons. The molecule has 0 aliphatic carbocycles. The average molecular weight is 244 g/mol. The normalized spacial score (nSPS) is 13.6. The Bertz CT molecular complexity index is 392. The van der Waals surface area contributed by atoms with Crippen LogP contribution in [0.2, 0.25) is 0 Å². The Morgan fingerprint density at radius 3 is 2.50 bits per heavy atom. The molecule has 0 radical (unpaired) electrons. The summed E-state index contributed by atoms with van der Waals surface area (Å²) in [6.07, 6.45) is 0.434. The highest BCUT2D eigenvalue weighted by Crippen LogP contribution is 2.14. The molecular weight excluding hydrogens is 231 g/mol. The van der Waals surface area contributed by atoms with Crippen molar-refractivity contribution in [1.82, 2.24) is 0 Å². The van der Waals surface area contributed by atoms with Gasteiger partial charge in [0.15, 0.2) is 0 Å². The van der Waals surface area contributed by atoms with Crippen LogP contribution in [0.5, 0.6) is 5.75 Å². The monoisotopic (exact) mass is 244 g/mol. The van der Waals surface area contributed by atoms with Crippen molar-refractivity contribution in [2.75, 3.05) is 13.2 Å². The first-order chi connectivity index (χ1) is 7.67. The predicted molar refractivity (Wildman–Crippen MR) is 60.8 cm³/mol. The predicted octanol–water partition coefficient (Wildman–Crippen LogP) is 0.859. The fourth-order valence-electron chi connectivity index (χ4n) is 0.981. The van der Waals surface area contributed by atoms with Crippen molar-refractivity contribution in [1.29, 1.82) is 0 Å². The fraction of sp³-hybridized carbons (Fsp3) is 0.200. The van der Waals surface area contributed by atoms with Crippen LogP contribution >= 0.6 is 0 Å². The molecular formula is C10H13FN2O2S. The van der Waals surface area contributed by atoms with Crippen LogP contribution in [0.3, 0.4) is 0 Å². The Hall–Kier alpha value is -1.24. The Labute approximate surface area is 95.7 Å². The molecule has 0 saturated heterocycles. The molecule has 0 aromatic heterocycles. The second-order valence-electron chi connectivity index (χ2n) is 3.03. The van der Waals surface area contributed by atoms with E-state index in [1.807, 2.05) is 0 Å². The molecule has 1 rings (SSSR count). The number of benzene rings is 1. The van der Waals surface area contributed by atoms with Crippen LogP contribution in [-0.4, -0.2) is 17.4 Å². The van der Waals surface area contributed by atoms with E-state index in [2.05, 4.69) is 0 Å². The standard InChI is InChI=1S/C10H13FN2O2S/c11-5-8(6-12)7-15-9-1-3-10(4-2-9)16(13)14/h1-5H,6-7,12-13H2/b8-5+. The Morgan fingerprint density at radius 1 is 1.44 bits per heavy atom. The molecule has 0 bridgehead atoms. The van der Waals surface area contributed by atoms with Gasteiger partial charge in [0, 0.05) is 12.1 Å². The van der Waals surface area contributed by atoms with Crippen molar-refractivity contribution in [3.8, 4) is 5.75 Å². The highest BCUT2D eigenvalue weighted by Gasteiger charge is 2.00. The molecule has 0 aliphatic rings. The smallest absolute Gasteiger partial charge is 0.122 e. The number of hydrogen-bond donors (Lipinski definition) is 2. The maximum Gasteiger partial charge on any atom is 0.122 e. The second kappa shape index (κ2) is 6.37. The molecule has 6 heteroatoms. The van der Waals surface area contributed by atoms with Gasteiger partial charge in [-0.3, -0.25) is 0 Å².